The van der Waals surface area contributed by atoms with Gasteiger partial charge in [-0.25, -0.2) is 4.68 Å². The zero-order valence-electron chi connectivity index (χ0n) is 39.7. The fourth-order valence-electron chi connectivity index (χ4n) is 7.74. The van der Waals surface area contributed by atoms with E-state index in [0.717, 1.165) is 23.3 Å². The number of amidine groups is 1. The monoisotopic (exact) mass is 951 g/mol. The number of aliphatic imine (C=N–C) groups is 1. The summed E-state index contributed by atoms with van der Waals surface area (Å²) in [6.07, 6.45) is 13.3. The third kappa shape index (κ3) is 14.8. The molecule has 0 aliphatic carbocycles. The summed E-state index contributed by atoms with van der Waals surface area (Å²) in [7, 11) is 3.08. The van der Waals surface area contributed by atoms with Crippen molar-refractivity contribution >= 4 is 47.3 Å². The van der Waals surface area contributed by atoms with E-state index in [2.05, 4.69) is 22.2 Å². The third-order valence-electron chi connectivity index (χ3n) is 11.2. The number of carbonyl (C=O) groups excluding carboxylic acids is 5. The molecule has 370 valence electrons. The number of allylic oxidation sites excluding steroid dienone is 4. The molecular formula is C50H65N9O10. The van der Waals surface area contributed by atoms with Gasteiger partial charge in [0, 0.05) is 51.4 Å². The highest BCUT2D eigenvalue weighted by Crippen LogP contribution is 2.34. The van der Waals surface area contributed by atoms with E-state index in [1.54, 1.807) is 53.1 Å². The third-order valence-corrected chi connectivity index (χ3v) is 11.2. The number of hydrogen-bond donors (Lipinski definition) is 4. The van der Waals surface area contributed by atoms with Gasteiger partial charge in [0.15, 0.2) is 0 Å². The van der Waals surface area contributed by atoms with Gasteiger partial charge >= 0.3 is 0 Å². The van der Waals surface area contributed by atoms with Crippen LogP contribution in [0.2, 0.25) is 0 Å². The topological polar surface area (TPSA) is 244 Å². The normalized spacial score (nSPS) is 15.8. The molecule has 1 aromatic heterocycles. The number of fused-ring (bicyclic) bond motifs is 1. The van der Waals surface area contributed by atoms with E-state index in [4.69, 9.17) is 40.3 Å². The van der Waals surface area contributed by atoms with E-state index in [1.165, 1.54) is 7.05 Å². The molecule has 2 atom stereocenters. The van der Waals surface area contributed by atoms with Crippen LogP contribution in [0.5, 0.6) is 5.75 Å². The minimum absolute atomic E-state index is 0.00247. The minimum Gasteiger partial charge on any atom is -0.457 e. The van der Waals surface area contributed by atoms with Crippen LogP contribution in [0, 0.1) is 0 Å². The maximum atomic E-state index is 13.2. The summed E-state index contributed by atoms with van der Waals surface area (Å²) in [5.74, 6) is 0.423. The lowest BCUT2D eigenvalue weighted by atomic mass is 10.0. The summed E-state index contributed by atoms with van der Waals surface area (Å²) >= 11 is 0. The number of benzene rings is 2. The number of imide groups is 1. The predicted molar refractivity (Wildman–Crippen MR) is 263 cm³/mol. The summed E-state index contributed by atoms with van der Waals surface area (Å²) in [4.78, 5) is 69.9. The molecule has 5 rings (SSSR count). The van der Waals surface area contributed by atoms with Crippen LogP contribution in [0.4, 0.5) is 11.5 Å². The van der Waals surface area contributed by atoms with Crippen LogP contribution in [0.15, 0.2) is 96.3 Å². The van der Waals surface area contributed by atoms with Crippen LogP contribution < -0.4 is 26.8 Å². The Morgan fingerprint density at radius 2 is 1.67 bits per heavy atom. The highest BCUT2D eigenvalue weighted by Gasteiger charge is 2.41. The minimum atomic E-state index is -1.04. The average Bonchev–Trinajstić information content (AvgIpc) is 3.84. The zero-order chi connectivity index (χ0) is 49.5. The van der Waals surface area contributed by atoms with Gasteiger partial charge in [-0.05, 0) is 87.2 Å². The van der Waals surface area contributed by atoms with Crippen molar-refractivity contribution in [2.75, 3.05) is 97.6 Å². The van der Waals surface area contributed by atoms with Crippen molar-refractivity contribution in [3.05, 3.63) is 108 Å². The van der Waals surface area contributed by atoms with Crippen LogP contribution in [0.25, 0.3) is 11.3 Å². The summed E-state index contributed by atoms with van der Waals surface area (Å²) in [6, 6.07) is 11.2. The van der Waals surface area contributed by atoms with Crippen molar-refractivity contribution in [2.45, 2.75) is 51.1 Å². The van der Waals surface area contributed by atoms with E-state index in [1.807, 2.05) is 49.4 Å². The number of hydrogen-bond acceptors (Lipinski definition) is 14. The molecule has 0 bridgehead atoms. The Hall–Kier alpha value is -6.93. The van der Waals surface area contributed by atoms with Crippen LogP contribution in [-0.2, 0) is 33.3 Å². The number of amides is 4. The number of nitrogens with one attached hydrogen (secondary N) is 2. The Labute approximate surface area is 403 Å². The number of likely N-dealkylation sites (tertiary alicyclic amines) is 1. The Kier molecular flexibility index (Phi) is 21.3. The van der Waals surface area contributed by atoms with Gasteiger partial charge in [0.2, 0.25) is 11.8 Å². The van der Waals surface area contributed by atoms with Crippen LogP contribution in [0.1, 0.15) is 71.3 Å². The van der Waals surface area contributed by atoms with Crippen molar-refractivity contribution in [2.24, 2.45) is 10.7 Å². The first kappa shape index (κ1) is 53.0. The molecule has 2 aliphatic rings. The molecular weight excluding hydrogens is 887 g/mol. The van der Waals surface area contributed by atoms with Crippen molar-refractivity contribution < 1.29 is 47.7 Å². The van der Waals surface area contributed by atoms with E-state index < -0.39 is 17.9 Å². The van der Waals surface area contributed by atoms with Gasteiger partial charge in [-0.15, -0.1) is 0 Å². The largest absolute Gasteiger partial charge is 0.457 e. The molecule has 19 nitrogen and oxygen atoms in total. The summed E-state index contributed by atoms with van der Waals surface area (Å²) in [5.41, 5.74) is 15.8. The first-order valence-corrected chi connectivity index (χ1v) is 23.1. The number of rotatable bonds is 29. The van der Waals surface area contributed by atoms with Crippen molar-refractivity contribution in [3.63, 3.8) is 0 Å². The quantitative estimate of drug-likeness (QED) is 0.0110. The summed E-state index contributed by atoms with van der Waals surface area (Å²) in [5, 5.41) is 10.5. The van der Waals surface area contributed by atoms with Gasteiger partial charge in [0.25, 0.3) is 11.8 Å². The Bertz CT molecular complexity index is 2360. The number of nitrogens with two attached hydrogens (primary N) is 2. The SMILES string of the molecule is C=C/C=C(\C=C/C)Oc1ccc(-c2nn(C3CCCN(C(=O)/C=C/CCOCCOCCOCCOCCNc4cccc5c4C(=O)N(C(C=O)CCC(=O)NC)C5=O)C3)c(N)c2C(N)=NC)cc1. The molecule has 19 heteroatoms. The Balaban J connectivity index is 0.933. The lowest BCUT2D eigenvalue weighted by Crippen LogP contribution is -2.41. The molecule has 0 radical (unpaired) electrons. The molecule has 2 unspecified atom stereocenters. The number of anilines is 2. The average molecular weight is 952 g/mol. The number of nitrogens with zero attached hydrogens (tertiary/aromatic N) is 5. The molecule has 1 fully saturated rings. The van der Waals surface area contributed by atoms with E-state index >= 15 is 0 Å². The lowest BCUT2D eigenvalue weighted by Gasteiger charge is -2.32. The number of ether oxygens (including phenoxy) is 5. The lowest BCUT2D eigenvalue weighted by molar-refractivity contribution is -0.127. The van der Waals surface area contributed by atoms with E-state index in [0.29, 0.717) is 119 Å². The zero-order valence-corrected chi connectivity index (χ0v) is 39.7. The van der Waals surface area contributed by atoms with Gasteiger partial charge in [-0.1, -0.05) is 30.9 Å². The van der Waals surface area contributed by atoms with Gasteiger partial charge < -0.3 is 55.5 Å². The molecule has 2 aromatic carbocycles. The second-order valence-corrected chi connectivity index (χ2v) is 15.9. The number of aldehydes is 1. The number of nitrogen functional groups attached to an aromatic ring is 1. The second-order valence-electron chi connectivity index (χ2n) is 15.9. The smallest absolute Gasteiger partial charge is 0.264 e. The standard InChI is InChI=1S/C50H65N9O10/c1-5-11-38(12-6-2)69-39-20-17-35(18-21-39)46-45(47(51)54-4)48(52)59(56-46)36-13-10-24-57(33-36)43(62)16-7-8-25-65-27-29-67-31-32-68-30-28-66-26-23-55-41-15-9-14-40-44(41)50(64)58(49(40)63)37(34-60)19-22-42(61)53-3/h5-7,9,11-12,14-18,20-21,34,36-37,55H,1,8,10,13,19,22-33,52H2,2-4H3,(H2,51,54)(H,53,61)/b12-6-,16-7+,38-11+. The van der Waals surface area contributed by atoms with Gasteiger partial charge in [0.05, 0.1) is 81.6 Å². The molecule has 3 aromatic rings. The Morgan fingerprint density at radius 1 is 0.971 bits per heavy atom. The number of aromatic nitrogens is 2. The number of carbonyl (C=O) groups is 5. The summed E-state index contributed by atoms with van der Waals surface area (Å²) < 4.78 is 30.2. The molecule has 6 N–H and O–H groups in total. The fraction of sp³-hybridized carbons (Fsp3) is 0.420. The van der Waals surface area contributed by atoms with Crippen molar-refractivity contribution in [1.82, 2.24) is 24.9 Å². The first-order chi connectivity index (χ1) is 33.6. The summed E-state index contributed by atoms with van der Waals surface area (Å²) in [6.45, 7) is 10.1. The molecule has 2 aliphatic heterocycles. The second kappa shape index (κ2) is 27.8. The van der Waals surface area contributed by atoms with Crippen molar-refractivity contribution in [3.8, 4) is 17.0 Å². The molecule has 69 heavy (non-hydrogen) atoms. The van der Waals surface area contributed by atoms with Gasteiger partial charge in [-0.2, -0.15) is 5.10 Å². The van der Waals surface area contributed by atoms with E-state index in [-0.39, 0.29) is 47.7 Å². The number of piperidine rings is 1. The van der Waals surface area contributed by atoms with Gasteiger partial charge in [-0.3, -0.25) is 29.1 Å². The van der Waals surface area contributed by atoms with Crippen LogP contribution >= 0.6 is 0 Å². The maximum Gasteiger partial charge on any atom is 0.264 e. The molecule has 0 saturated carbocycles. The first-order valence-electron chi connectivity index (χ1n) is 23.1. The fourth-order valence-corrected chi connectivity index (χ4v) is 7.74. The highest BCUT2D eigenvalue weighted by atomic mass is 16.6. The van der Waals surface area contributed by atoms with Crippen LogP contribution in [-0.4, -0.2) is 148 Å². The molecule has 3 heterocycles. The molecule has 1 saturated heterocycles. The predicted octanol–water partition coefficient (Wildman–Crippen LogP) is 4.47. The molecule has 4 amide bonds. The van der Waals surface area contributed by atoms with E-state index in [9.17, 15) is 24.0 Å². The highest BCUT2D eigenvalue weighted by molar-refractivity contribution is 6.24. The van der Waals surface area contributed by atoms with Crippen LogP contribution in [0.3, 0.4) is 0 Å². The maximum absolute atomic E-state index is 13.2. The van der Waals surface area contributed by atoms with Crippen molar-refractivity contribution in [1.29, 1.82) is 0 Å². The molecule has 0 spiro atoms. The van der Waals surface area contributed by atoms with Gasteiger partial charge in [0.1, 0.15) is 35.1 Å². The Morgan fingerprint density at radius 3 is 2.32 bits per heavy atom.